The van der Waals surface area contributed by atoms with Gasteiger partial charge in [-0.3, -0.25) is 0 Å². The third-order valence-electron chi connectivity index (χ3n) is 3.43. The molecule has 0 spiro atoms. The highest BCUT2D eigenvalue weighted by molar-refractivity contribution is 9.10. The Morgan fingerprint density at radius 1 is 1.25 bits per heavy atom. The number of hydrogen-bond acceptors (Lipinski definition) is 4. The number of rotatable bonds is 6. The van der Waals surface area contributed by atoms with E-state index < -0.39 is 0 Å². The van der Waals surface area contributed by atoms with E-state index in [9.17, 15) is 0 Å². The van der Waals surface area contributed by atoms with Gasteiger partial charge in [0.15, 0.2) is 0 Å². The molecule has 0 radical (unpaired) electrons. The van der Waals surface area contributed by atoms with E-state index in [0.717, 1.165) is 23.0 Å². The molecule has 0 aliphatic rings. The summed E-state index contributed by atoms with van der Waals surface area (Å²) in [5.41, 5.74) is 0.967. The van der Waals surface area contributed by atoms with Gasteiger partial charge in [-0.25, -0.2) is 0 Å². The predicted octanol–water partition coefficient (Wildman–Crippen LogP) is 3.99. The van der Waals surface area contributed by atoms with Gasteiger partial charge >= 0.3 is 0 Å². The number of aromatic nitrogens is 2. The number of hydrogen-bond donors (Lipinski definition) is 1. The van der Waals surface area contributed by atoms with Crippen LogP contribution in [0, 0.1) is 0 Å². The molecular formula is C15H20BrN3O. The molecule has 1 aromatic carbocycles. The molecule has 0 aliphatic heterocycles. The van der Waals surface area contributed by atoms with Gasteiger partial charge in [0.25, 0.3) is 0 Å². The molecule has 0 aliphatic carbocycles. The highest BCUT2D eigenvalue weighted by atomic mass is 79.9. The lowest BCUT2D eigenvalue weighted by Gasteiger charge is -2.19. The smallest absolute Gasteiger partial charge is 0.231 e. The largest absolute Gasteiger partial charge is 0.339 e. The zero-order valence-electron chi connectivity index (χ0n) is 12.1. The molecule has 0 amide bonds. The summed E-state index contributed by atoms with van der Waals surface area (Å²) in [6.45, 7) is 7.33. The highest BCUT2D eigenvalue weighted by Gasteiger charge is 2.23. The maximum absolute atomic E-state index is 5.46. The van der Waals surface area contributed by atoms with Crippen molar-refractivity contribution in [3.05, 3.63) is 34.6 Å². The van der Waals surface area contributed by atoms with Crippen LogP contribution in [-0.2, 0) is 0 Å². The van der Waals surface area contributed by atoms with Crippen molar-refractivity contribution in [1.29, 1.82) is 0 Å². The molecular weight excluding hydrogens is 318 g/mol. The number of likely N-dealkylation sites (N-methyl/N-ethyl adjacent to an activating group) is 1. The van der Waals surface area contributed by atoms with Crippen LogP contribution in [0.25, 0.3) is 11.4 Å². The van der Waals surface area contributed by atoms with Gasteiger partial charge in [-0.15, -0.1) is 0 Å². The summed E-state index contributed by atoms with van der Waals surface area (Å²) in [5, 5.41) is 7.52. The minimum atomic E-state index is 0.242. The third kappa shape index (κ3) is 3.46. The molecule has 5 heteroatoms. The topological polar surface area (TPSA) is 51.0 Å². The van der Waals surface area contributed by atoms with Crippen molar-refractivity contribution in [3.63, 3.8) is 0 Å². The van der Waals surface area contributed by atoms with Crippen molar-refractivity contribution >= 4 is 15.9 Å². The summed E-state index contributed by atoms with van der Waals surface area (Å²) in [5.74, 6) is 1.60. The second-order valence-corrected chi connectivity index (χ2v) is 5.74. The fourth-order valence-electron chi connectivity index (χ4n) is 2.31. The maximum atomic E-state index is 5.46. The first-order valence-corrected chi connectivity index (χ1v) is 7.77. The van der Waals surface area contributed by atoms with Crippen molar-refractivity contribution in [2.75, 3.05) is 6.54 Å². The van der Waals surface area contributed by atoms with E-state index in [4.69, 9.17) is 4.52 Å². The molecule has 4 nitrogen and oxygen atoms in total. The zero-order valence-corrected chi connectivity index (χ0v) is 13.6. The fraction of sp³-hybridized carbons (Fsp3) is 0.467. The van der Waals surface area contributed by atoms with Gasteiger partial charge in [0.05, 0.1) is 5.92 Å². The van der Waals surface area contributed by atoms with Crippen LogP contribution in [0.2, 0.25) is 0 Å². The lowest BCUT2D eigenvalue weighted by molar-refractivity contribution is 0.318. The summed E-state index contributed by atoms with van der Waals surface area (Å²) in [7, 11) is 0. The van der Waals surface area contributed by atoms with E-state index in [0.29, 0.717) is 17.8 Å². The Morgan fingerprint density at radius 2 is 1.95 bits per heavy atom. The predicted molar refractivity (Wildman–Crippen MR) is 83.6 cm³/mol. The first-order valence-electron chi connectivity index (χ1n) is 6.98. The van der Waals surface area contributed by atoms with E-state index in [1.165, 1.54) is 0 Å². The maximum Gasteiger partial charge on any atom is 0.231 e. The van der Waals surface area contributed by atoms with Crippen molar-refractivity contribution in [1.82, 2.24) is 15.5 Å². The Kier molecular flexibility index (Phi) is 5.31. The van der Waals surface area contributed by atoms with Gasteiger partial charge in [0, 0.05) is 16.1 Å². The number of nitrogens with one attached hydrogen (secondary N) is 1. The van der Waals surface area contributed by atoms with Crippen LogP contribution in [0.15, 0.2) is 33.3 Å². The number of benzene rings is 1. The molecule has 0 fully saturated rings. The van der Waals surface area contributed by atoms with Crippen LogP contribution in [-0.4, -0.2) is 22.7 Å². The number of nitrogens with zero attached hydrogens (tertiary/aromatic N) is 2. The summed E-state index contributed by atoms with van der Waals surface area (Å²) >= 11 is 3.42. The zero-order chi connectivity index (χ0) is 14.5. The van der Waals surface area contributed by atoms with Gasteiger partial charge in [-0.1, -0.05) is 34.9 Å². The fourth-order valence-corrected chi connectivity index (χ4v) is 2.57. The molecule has 0 saturated carbocycles. The SMILES string of the molecule is CCNC(C)C(CC)c1nc(-c2ccc(Br)cc2)no1. The van der Waals surface area contributed by atoms with E-state index in [1.54, 1.807) is 0 Å². The molecule has 1 N–H and O–H groups in total. The minimum absolute atomic E-state index is 0.242. The summed E-state index contributed by atoms with van der Waals surface area (Å²) in [6.07, 6.45) is 0.968. The lowest BCUT2D eigenvalue weighted by Crippen LogP contribution is -2.31. The van der Waals surface area contributed by atoms with Gasteiger partial charge in [0.1, 0.15) is 0 Å². The molecule has 1 heterocycles. The van der Waals surface area contributed by atoms with Crippen molar-refractivity contribution in [3.8, 4) is 11.4 Å². The molecule has 2 unspecified atom stereocenters. The minimum Gasteiger partial charge on any atom is -0.339 e. The molecule has 0 saturated heterocycles. The van der Waals surface area contributed by atoms with E-state index >= 15 is 0 Å². The van der Waals surface area contributed by atoms with Gasteiger partial charge < -0.3 is 9.84 Å². The Morgan fingerprint density at radius 3 is 2.55 bits per heavy atom. The summed E-state index contributed by atoms with van der Waals surface area (Å²) < 4.78 is 6.50. The summed E-state index contributed by atoms with van der Waals surface area (Å²) in [4.78, 5) is 4.55. The highest BCUT2D eigenvalue weighted by Crippen LogP contribution is 2.25. The van der Waals surface area contributed by atoms with E-state index in [-0.39, 0.29) is 5.92 Å². The number of halogens is 1. The second-order valence-electron chi connectivity index (χ2n) is 4.82. The summed E-state index contributed by atoms with van der Waals surface area (Å²) in [6, 6.07) is 8.23. The van der Waals surface area contributed by atoms with Crippen LogP contribution in [0.5, 0.6) is 0 Å². The second kappa shape index (κ2) is 6.99. The van der Waals surface area contributed by atoms with Crippen molar-refractivity contribution in [2.45, 2.75) is 39.2 Å². The van der Waals surface area contributed by atoms with Gasteiger partial charge in [0.2, 0.25) is 11.7 Å². The molecule has 2 rings (SSSR count). The average molecular weight is 338 g/mol. The van der Waals surface area contributed by atoms with Crippen LogP contribution >= 0.6 is 15.9 Å². The van der Waals surface area contributed by atoms with E-state index in [1.807, 2.05) is 24.3 Å². The monoisotopic (exact) mass is 337 g/mol. The first-order chi connectivity index (χ1) is 9.65. The molecule has 20 heavy (non-hydrogen) atoms. The van der Waals surface area contributed by atoms with Gasteiger partial charge in [-0.05, 0) is 44.2 Å². The third-order valence-corrected chi connectivity index (χ3v) is 3.96. The average Bonchev–Trinajstić information content (AvgIpc) is 2.90. The molecule has 2 atom stereocenters. The van der Waals surface area contributed by atoms with Crippen molar-refractivity contribution < 1.29 is 4.52 Å². The molecule has 0 bridgehead atoms. The normalized spacial score (nSPS) is 14.2. The standard InChI is InChI=1S/C15H20BrN3O/c1-4-13(10(3)17-5-2)15-18-14(19-20-15)11-6-8-12(16)9-7-11/h6-10,13,17H,4-5H2,1-3H3. The first kappa shape index (κ1) is 15.2. The molecule has 2 aromatic rings. The van der Waals surface area contributed by atoms with Crippen molar-refractivity contribution in [2.24, 2.45) is 0 Å². The lowest BCUT2D eigenvalue weighted by atomic mass is 9.98. The Balaban J connectivity index is 2.20. The molecule has 108 valence electrons. The van der Waals surface area contributed by atoms with Crippen LogP contribution in [0.4, 0.5) is 0 Å². The quantitative estimate of drug-likeness (QED) is 0.865. The Hall–Kier alpha value is -1.20. The molecule has 1 aromatic heterocycles. The van der Waals surface area contributed by atoms with Crippen LogP contribution < -0.4 is 5.32 Å². The van der Waals surface area contributed by atoms with Crippen LogP contribution in [0.3, 0.4) is 0 Å². The van der Waals surface area contributed by atoms with Gasteiger partial charge in [-0.2, -0.15) is 4.98 Å². The van der Waals surface area contributed by atoms with E-state index in [2.05, 4.69) is 52.2 Å². The Labute approximate surface area is 128 Å². The Bertz CT molecular complexity index is 538. The van der Waals surface area contributed by atoms with Crippen LogP contribution in [0.1, 0.15) is 39.0 Å².